The first-order valence-corrected chi connectivity index (χ1v) is 5.73. The molecule has 0 spiro atoms. The van der Waals surface area contributed by atoms with Crippen molar-refractivity contribution in [3.05, 3.63) is 17.7 Å². The second-order valence-electron chi connectivity index (χ2n) is 3.91. The molecular formula is C13H14O6. The quantitative estimate of drug-likeness (QED) is 0.595. The molecule has 0 fully saturated rings. The number of benzene rings is 1. The van der Waals surface area contributed by atoms with Crippen LogP contribution in [0.1, 0.15) is 23.2 Å². The van der Waals surface area contributed by atoms with E-state index in [0.717, 1.165) is 0 Å². The van der Waals surface area contributed by atoms with Crippen LogP contribution in [-0.2, 0) is 9.53 Å². The highest BCUT2D eigenvalue weighted by Crippen LogP contribution is 2.42. The van der Waals surface area contributed by atoms with Gasteiger partial charge >= 0.3 is 5.97 Å². The first kappa shape index (κ1) is 13.2. The Labute approximate surface area is 110 Å². The number of fused-ring (bicyclic) bond motifs is 1. The van der Waals surface area contributed by atoms with E-state index in [2.05, 4.69) is 4.74 Å². The van der Waals surface area contributed by atoms with Crippen molar-refractivity contribution < 1.29 is 28.5 Å². The third-order valence-corrected chi connectivity index (χ3v) is 2.76. The molecule has 6 nitrogen and oxygen atoms in total. The Hall–Kier alpha value is -2.24. The highest BCUT2D eigenvalue weighted by atomic mass is 16.7. The van der Waals surface area contributed by atoms with Crippen LogP contribution in [0.15, 0.2) is 12.1 Å². The van der Waals surface area contributed by atoms with Crippen LogP contribution in [0.5, 0.6) is 17.2 Å². The Kier molecular flexibility index (Phi) is 3.89. The number of esters is 1. The molecule has 102 valence electrons. The zero-order valence-electron chi connectivity index (χ0n) is 10.7. The average molecular weight is 266 g/mol. The summed E-state index contributed by atoms with van der Waals surface area (Å²) in [5, 5.41) is 0. The molecule has 0 aromatic heterocycles. The van der Waals surface area contributed by atoms with E-state index in [0.29, 0.717) is 22.8 Å². The summed E-state index contributed by atoms with van der Waals surface area (Å²) < 4.78 is 20.1. The molecule has 0 aliphatic carbocycles. The molecule has 0 unspecified atom stereocenters. The Morgan fingerprint density at radius 2 is 2.00 bits per heavy atom. The van der Waals surface area contributed by atoms with Crippen LogP contribution < -0.4 is 14.2 Å². The summed E-state index contributed by atoms with van der Waals surface area (Å²) in [6.45, 7) is 0.103. The molecule has 1 aromatic rings. The Morgan fingerprint density at radius 1 is 1.21 bits per heavy atom. The molecule has 2 rings (SSSR count). The van der Waals surface area contributed by atoms with Crippen LogP contribution in [-0.4, -0.2) is 32.8 Å². The van der Waals surface area contributed by atoms with Gasteiger partial charge in [0, 0.05) is 12.0 Å². The molecule has 1 aliphatic rings. The van der Waals surface area contributed by atoms with Gasteiger partial charge in [-0.05, 0) is 12.1 Å². The largest absolute Gasteiger partial charge is 0.493 e. The number of hydrogen-bond donors (Lipinski definition) is 0. The standard InChI is InChI=1S/C13H14O6/c1-16-10-5-8(6-11-13(10)19-7-18-11)9(14)3-4-12(15)17-2/h5-6H,3-4,7H2,1-2H3. The SMILES string of the molecule is COC(=O)CCC(=O)c1cc(OC)c2c(c1)OCO2. The van der Waals surface area contributed by atoms with E-state index >= 15 is 0 Å². The molecule has 0 radical (unpaired) electrons. The van der Waals surface area contributed by atoms with E-state index in [-0.39, 0.29) is 25.4 Å². The van der Waals surface area contributed by atoms with Crippen molar-refractivity contribution >= 4 is 11.8 Å². The molecule has 0 amide bonds. The molecule has 0 bridgehead atoms. The summed E-state index contributed by atoms with van der Waals surface area (Å²) in [4.78, 5) is 23.0. The Morgan fingerprint density at radius 3 is 2.68 bits per heavy atom. The van der Waals surface area contributed by atoms with Crippen molar-refractivity contribution in [2.75, 3.05) is 21.0 Å². The fourth-order valence-electron chi connectivity index (χ4n) is 1.75. The van der Waals surface area contributed by atoms with Gasteiger partial charge in [-0.2, -0.15) is 0 Å². The third-order valence-electron chi connectivity index (χ3n) is 2.76. The van der Waals surface area contributed by atoms with Crippen molar-refractivity contribution in [1.82, 2.24) is 0 Å². The van der Waals surface area contributed by atoms with Gasteiger partial charge in [0.05, 0.1) is 20.6 Å². The van der Waals surface area contributed by atoms with Crippen LogP contribution >= 0.6 is 0 Å². The van der Waals surface area contributed by atoms with E-state index in [1.165, 1.54) is 14.2 Å². The molecule has 1 heterocycles. The number of rotatable bonds is 5. The van der Waals surface area contributed by atoms with Gasteiger partial charge in [0.2, 0.25) is 12.5 Å². The lowest BCUT2D eigenvalue weighted by molar-refractivity contribution is -0.140. The summed E-state index contributed by atoms with van der Waals surface area (Å²) in [5.41, 5.74) is 0.421. The van der Waals surface area contributed by atoms with Crippen molar-refractivity contribution in [2.45, 2.75) is 12.8 Å². The van der Waals surface area contributed by atoms with Crippen molar-refractivity contribution in [3.63, 3.8) is 0 Å². The van der Waals surface area contributed by atoms with E-state index in [4.69, 9.17) is 14.2 Å². The lowest BCUT2D eigenvalue weighted by Gasteiger charge is -2.07. The van der Waals surface area contributed by atoms with Crippen molar-refractivity contribution in [2.24, 2.45) is 0 Å². The summed E-state index contributed by atoms with van der Waals surface area (Å²) in [6.07, 6.45) is 0.127. The number of carbonyl (C=O) groups excluding carboxylic acids is 2. The lowest BCUT2D eigenvalue weighted by Crippen LogP contribution is -2.06. The number of ether oxygens (including phenoxy) is 4. The molecule has 6 heteroatoms. The van der Waals surface area contributed by atoms with Crippen molar-refractivity contribution in [1.29, 1.82) is 0 Å². The maximum atomic E-state index is 12.0. The summed E-state index contributed by atoms with van der Waals surface area (Å²) in [6, 6.07) is 3.16. The molecule has 0 saturated carbocycles. The maximum Gasteiger partial charge on any atom is 0.305 e. The minimum Gasteiger partial charge on any atom is -0.493 e. The van der Waals surface area contributed by atoms with Gasteiger partial charge in [0.1, 0.15) is 0 Å². The topological polar surface area (TPSA) is 71.1 Å². The molecule has 0 atom stereocenters. The number of hydrogen-bond acceptors (Lipinski definition) is 6. The number of methoxy groups -OCH3 is 2. The van der Waals surface area contributed by atoms with E-state index in [1.807, 2.05) is 0 Å². The Bertz CT molecular complexity index is 508. The number of ketones is 1. The number of carbonyl (C=O) groups is 2. The average Bonchev–Trinajstić information content (AvgIpc) is 2.91. The summed E-state index contributed by atoms with van der Waals surface area (Å²) in [7, 11) is 2.77. The van der Waals surface area contributed by atoms with Crippen LogP contribution in [0.3, 0.4) is 0 Å². The van der Waals surface area contributed by atoms with Crippen LogP contribution in [0.4, 0.5) is 0 Å². The van der Waals surface area contributed by atoms with E-state index in [1.54, 1.807) is 12.1 Å². The molecule has 1 aromatic carbocycles. The van der Waals surface area contributed by atoms with Gasteiger partial charge in [-0.1, -0.05) is 0 Å². The van der Waals surface area contributed by atoms with Gasteiger partial charge in [0.25, 0.3) is 0 Å². The second kappa shape index (κ2) is 5.60. The lowest BCUT2D eigenvalue weighted by atomic mass is 10.1. The smallest absolute Gasteiger partial charge is 0.305 e. The minimum atomic E-state index is -0.416. The zero-order chi connectivity index (χ0) is 13.8. The molecule has 0 saturated heterocycles. The molecule has 19 heavy (non-hydrogen) atoms. The highest BCUT2D eigenvalue weighted by molar-refractivity contribution is 5.98. The molecule has 0 N–H and O–H groups in total. The summed E-state index contributed by atoms with van der Waals surface area (Å²) >= 11 is 0. The predicted octanol–water partition coefficient (Wildman–Crippen LogP) is 1.56. The first-order chi connectivity index (χ1) is 9.15. The van der Waals surface area contributed by atoms with E-state index in [9.17, 15) is 9.59 Å². The van der Waals surface area contributed by atoms with Crippen LogP contribution in [0.2, 0.25) is 0 Å². The van der Waals surface area contributed by atoms with Gasteiger partial charge in [-0.3, -0.25) is 9.59 Å². The van der Waals surface area contributed by atoms with E-state index < -0.39 is 5.97 Å². The fourth-order valence-corrected chi connectivity index (χ4v) is 1.75. The number of Topliss-reactive ketones (excluding diaryl/α,β-unsaturated/α-hetero) is 1. The van der Waals surface area contributed by atoms with Gasteiger partial charge in [-0.25, -0.2) is 0 Å². The highest BCUT2D eigenvalue weighted by Gasteiger charge is 2.22. The molecule has 1 aliphatic heterocycles. The first-order valence-electron chi connectivity index (χ1n) is 5.73. The van der Waals surface area contributed by atoms with Crippen LogP contribution in [0.25, 0.3) is 0 Å². The maximum absolute atomic E-state index is 12.0. The van der Waals surface area contributed by atoms with Crippen molar-refractivity contribution in [3.8, 4) is 17.2 Å². The molecular weight excluding hydrogens is 252 g/mol. The second-order valence-corrected chi connectivity index (χ2v) is 3.91. The van der Waals surface area contributed by atoms with Gasteiger partial charge in [-0.15, -0.1) is 0 Å². The third kappa shape index (κ3) is 2.78. The predicted molar refractivity (Wildman–Crippen MR) is 64.7 cm³/mol. The van der Waals surface area contributed by atoms with Gasteiger partial charge in [0.15, 0.2) is 17.3 Å². The Balaban J connectivity index is 2.16. The minimum absolute atomic E-state index is 0.0477. The summed E-state index contributed by atoms with van der Waals surface area (Å²) in [5.74, 6) is 0.812. The monoisotopic (exact) mass is 266 g/mol. The fraction of sp³-hybridized carbons (Fsp3) is 0.385. The van der Waals surface area contributed by atoms with Crippen LogP contribution in [0, 0.1) is 0 Å². The van der Waals surface area contributed by atoms with Gasteiger partial charge < -0.3 is 18.9 Å². The normalized spacial score (nSPS) is 12.1. The zero-order valence-corrected chi connectivity index (χ0v) is 10.7.